The summed E-state index contributed by atoms with van der Waals surface area (Å²) < 4.78 is 13.7. The van der Waals surface area contributed by atoms with E-state index in [0.29, 0.717) is 6.29 Å². The molecule has 1 nitrogen and oxygen atoms in total. The minimum atomic E-state index is -0.153. The van der Waals surface area contributed by atoms with Gasteiger partial charge in [0.15, 0.2) is 0 Å². The lowest BCUT2D eigenvalue weighted by atomic mass is 10.1. The minimum Gasteiger partial charge on any atom is -0.304 e. The number of aryl methyl sites for hydroxylation is 1. The van der Waals surface area contributed by atoms with Crippen LogP contribution in [0.4, 0.5) is 4.39 Å². The number of thiophene rings is 1. The Balaban J connectivity index is 0.000000245. The van der Waals surface area contributed by atoms with Crippen molar-refractivity contribution in [3.63, 3.8) is 0 Å². The van der Waals surface area contributed by atoms with Crippen molar-refractivity contribution in [2.24, 2.45) is 0 Å². The van der Waals surface area contributed by atoms with Crippen LogP contribution in [0.3, 0.4) is 0 Å². The van der Waals surface area contributed by atoms with Gasteiger partial charge >= 0.3 is 0 Å². The fourth-order valence-electron chi connectivity index (χ4n) is 1.14. The van der Waals surface area contributed by atoms with Crippen molar-refractivity contribution in [2.75, 3.05) is 0 Å². The number of carbonyl (C=O) groups excluding carboxylic acids is 1. The molecule has 0 spiro atoms. The number of aldehydes is 1. The maximum absolute atomic E-state index is 12.7. The Bertz CT molecular complexity index is 453. The lowest BCUT2D eigenvalue weighted by molar-refractivity contribution is -0.106. The first-order valence-corrected chi connectivity index (χ1v) is 5.28. The van der Waals surface area contributed by atoms with E-state index in [0.717, 1.165) is 10.1 Å². The largest absolute Gasteiger partial charge is 0.304 e. The van der Waals surface area contributed by atoms with Gasteiger partial charge in [-0.15, -0.1) is 11.3 Å². The van der Waals surface area contributed by atoms with Crippen LogP contribution in [0, 0.1) is 12.7 Å². The van der Waals surface area contributed by atoms with Gasteiger partial charge in [0.25, 0.3) is 0 Å². The smallest absolute Gasteiger partial charge is 0.124 e. The van der Waals surface area contributed by atoms with Crippen molar-refractivity contribution in [1.29, 1.82) is 0 Å². The molecular weight excluding hydrogens is 210 g/mol. The standard InChI is InChI=1S/C9H7FS.C2H3BO/c1-6-4-7-2-3-8(10)5-9(7)11-6;3-1-2-4/h2-5H,1H3;2H,1H2. The molecule has 0 aliphatic carbocycles. The van der Waals surface area contributed by atoms with Gasteiger partial charge in [0, 0.05) is 9.58 Å². The van der Waals surface area contributed by atoms with Gasteiger partial charge in [-0.3, -0.25) is 0 Å². The van der Waals surface area contributed by atoms with Gasteiger partial charge in [0.2, 0.25) is 0 Å². The maximum atomic E-state index is 12.7. The summed E-state index contributed by atoms with van der Waals surface area (Å²) >= 11 is 1.63. The number of hydrogen-bond donors (Lipinski definition) is 0. The van der Waals surface area contributed by atoms with Gasteiger partial charge in [-0.2, -0.15) is 0 Å². The van der Waals surface area contributed by atoms with Crippen LogP contribution in [0.15, 0.2) is 24.3 Å². The Labute approximate surface area is 93.3 Å². The first-order valence-electron chi connectivity index (χ1n) is 4.46. The van der Waals surface area contributed by atoms with Crippen molar-refractivity contribution in [2.45, 2.75) is 13.2 Å². The molecule has 0 saturated heterocycles. The normalized spacial score (nSPS) is 9.47. The number of halogens is 1. The molecule has 0 N–H and O–H groups in total. The van der Waals surface area contributed by atoms with Gasteiger partial charge in [-0.1, -0.05) is 6.07 Å². The highest BCUT2D eigenvalue weighted by molar-refractivity contribution is 7.19. The molecule has 2 aromatic rings. The maximum Gasteiger partial charge on any atom is 0.124 e. The molecule has 2 rings (SSSR count). The van der Waals surface area contributed by atoms with E-state index in [1.807, 2.05) is 13.0 Å². The molecule has 0 atom stereocenters. The van der Waals surface area contributed by atoms with E-state index >= 15 is 0 Å². The molecule has 4 heteroatoms. The topological polar surface area (TPSA) is 17.1 Å². The molecule has 0 aliphatic rings. The third-order valence-corrected chi connectivity index (χ3v) is 2.71. The van der Waals surface area contributed by atoms with Gasteiger partial charge in [-0.05, 0) is 36.8 Å². The fourth-order valence-corrected chi connectivity index (χ4v) is 2.09. The average molecular weight is 220 g/mol. The molecule has 0 aliphatic heterocycles. The van der Waals surface area contributed by atoms with Crippen LogP contribution in [-0.4, -0.2) is 14.1 Å². The molecule has 0 bridgehead atoms. The van der Waals surface area contributed by atoms with Crippen LogP contribution in [0.2, 0.25) is 6.32 Å². The second-order valence-corrected chi connectivity index (χ2v) is 4.23. The molecule has 0 saturated carbocycles. The van der Waals surface area contributed by atoms with Crippen molar-refractivity contribution in [3.05, 3.63) is 35.0 Å². The predicted molar refractivity (Wildman–Crippen MR) is 63.1 cm³/mol. The molecule has 0 amide bonds. The SMILES string of the molecule is Cc1cc2ccc(F)cc2s1.[B]CC=O. The quantitative estimate of drug-likeness (QED) is 0.533. The molecule has 2 radical (unpaired) electrons. The molecule has 15 heavy (non-hydrogen) atoms. The number of fused-ring (bicyclic) bond motifs is 1. The molecule has 1 aromatic heterocycles. The van der Waals surface area contributed by atoms with E-state index in [-0.39, 0.29) is 12.1 Å². The summed E-state index contributed by atoms with van der Waals surface area (Å²) in [5.41, 5.74) is 0. The van der Waals surface area contributed by atoms with Gasteiger partial charge in [0.1, 0.15) is 12.1 Å². The molecule has 0 unspecified atom stereocenters. The van der Waals surface area contributed by atoms with Gasteiger partial charge in [-0.25, -0.2) is 4.39 Å². The highest BCUT2D eigenvalue weighted by atomic mass is 32.1. The summed E-state index contributed by atoms with van der Waals surface area (Å²) in [6.45, 7) is 2.03. The zero-order valence-corrected chi connectivity index (χ0v) is 9.18. The zero-order chi connectivity index (χ0) is 11.3. The summed E-state index contributed by atoms with van der Waals surface area (Å²) in [5, 5.41) is 1.13. The van der Waals surface area contributed by atoms with Gasteiger partial charge < -0.3 is 4.79 Å². The van der Waals surface area contributed by atoms with Crippen LogP contribution in [0.5, 0.6) is 0 Å². The van der Waals surface area contributed by atoms with E-state index in [9.17, 15) is 4.39 Å². The predicted octanol–water partition coefficient (Wildman–Crippen LogP) is 3.12. The van der Waals surface area contributed by atoms with Crippen molar-refractivity contribution < 1.29 is 9.18 Å². The Morgan fingerprint density at radius 3 is 2.73 bits per heavy atom. The van der Waals surface area contributed by atoms with E-state index in [4.69, 9.17) is 4.79 Å². The zero-order valence-electron chi connectivity index (χ0n) is 8.37. The van der Waals surface area contributed by atoms with Crippen molar-refractivity contribution in [1.82, 2.24) is 0 Å². The number of carbonyl (C=O) groups is 1. The minimum absolute atomic E-state index is 0.139. The monoisotopic (exact) mass is 220 g/mol. The van der Waals surface area contributed by atoms with Crippen LogP contribution in [-0.2, 0) is 4.79 Å². The van der Waals surface area contributed by atoms with E-state index < -0.39 is 0 Å². The molecule has 0 fully saturated rings. The fraction of sp³-hybridized carbons (Fsp3) is 0.182. The van der Waals surface area contributed by atoms with E-state index in [1.165, 1.54) is 10.9 Å². The second-order valence-electron chi connectivity index (χ2n) is 2.94. The summed E-state index contributed by atoms with van der Waals surface area (Å²) in [5.74, 6) is -0.153. The average Bonchev–Trinajstić information content (AvgIpc) is 2.58. The molecule has 1 aromatic carbocycles. The summed E-state index contributed by atoms with van der Waals surface area (Å²) in [7, 11) is 4.66. The lowest BCUT2D eigenvalue weighted by Gasteiger charge is -1.86. The van der Waals surface area contributed by atoms with Crippen LogP contribution in [0.25, 0.3) is 10.1 Å². The Kier molecular flexibility index (Phi) is 4.50. The summed E-state index contributed by atoms with van der Waals surface area (Å²) in [6.07, 6.45) is 0.792. The first-order chi connectivity index (χ1) is 7.17. The Morgan fingerprint density at radius 1 is 1.47 bits per heavy atom. The molecule has 1 heterocycles. The summed E-state index contributed by atoms with van der Waals surface area (Å²) in [6, 6.07) is 6.95. The van der Waals surface area contributed by atoms with E-state index in [1.54, 1.807) is 17.4 Å². The highest BCUT2D eigenvalue weighted by Crippen LogP contribution is 2.25. The second kappa shape index (κ2) is 5.66. The summed E-state index contributed by atoms with van der Waals surface area (Å²) in [4.78, 5) is 10.3. The lowest BCUT2D eigenvalue weighted by Crippen LogP contribution is -1.68. The Morgan fingerprint density at radius 2 is 2.13 bits per heavy atom. The van der Waals surface area contributed by atoms with Crippen molar-refractivity contribution in [3.8, 4) is 0 Å². The Hall–Kier alpha value is -1.16. The molecular formula is C11H10BFOS. The number of hydrogen-bond acceptors (Lipinski definition) is 2. The number of rotatable bonds is 1. The third-order valence-electron chi connectivity index (χ3n) is 1.70. The molecule has 76 valence electrons. The van der Waals surface area contributed by atoms with Crippen LogP contribution < -0.4 is 0 Å². The van der Waals surface area contributed by atoms with Crippen molar-refractivity contribution >= 4 is 35.6 Å². The third kappa shape index (κ3) is 3.48. The van der Waals surface area contributed by atoms with E-state index in [2.05, 4.69) is 13.9 Å². The first kappa shape index (κ1) is 11.9. The highest BCUT2D eigenvalue weighted by Gasteiger charge is 1.98. The van der Waals surface area contributed by atoms with Gasteiger partial charge in [0.05, 0.1) is 7.85 Å². The number of benzene rings is 1. The van der Waals surface area contributed by atoms with Crippen LogP contribution in [0.1, 0.15) is 4.88 Å². The van der Waals surface area contributed by atoms with Crippen LogP contribution >= 0.6 is 11.3 Å².